The maximum atomic E-state index is 12.3. The van der Waals surface area contributed by atoms with Crippen molar-refractivity contribution in [3.05, 3.63) is 29.8 Å². The highest BCUT2D eigenvalue weighted by atomic mass is 32.2. The van der Waals surface area contributed by atoms with E-state index >= 15 is 0 Å². The van der Waals surface area contributed by atoms with E-state index in [0.717, 1.165) is 10.5 Å². The summed E-state index contributed by atoms with van der Waals surface area (Å²) in [6.07, 6.45) is -0.551. The molecule has 0 aromatic heterocycles. The highest BCUT2D eigenvalue weighted by Gasteiger charge is 2.41. The molecule has 4 N–H and O–H groups in total. The Morgan fingerprint density at radius 3 is 2.43 bits per heavy atom. The third kappa shape index (κ3) is 6.34. The van der Waals surface area contributed by atoms with Gasteiger partial charge in [0.15, 0.2) is 0 Å². The van der Waals surface area contributed by atoms with Crippen molar-refractivity contribution in [2.24, 2.45) is 16.6 Å². The van der Waals surface area contributed by atoms with E-state index in [1.807, 2.05) is 6.92 Å². The monoisotopic (exact) mass is 440 g/mol. The minimum Gasteiger partial charge on any atom is -0.480 e. The number of rotatable bonds is 5. The van der Waals surface area contributed by atoms with Gasteiger partial charge in [-0.1, -0.05) is 17.7 Å². The molecule has 0 unspecified atom stereocenters. The minimum absolute atomic E-state index is 0.0501. The summed E-state index contributed by atoms with van der Waals surface area (Å²) in [6, 6.07) is 5.21. The van der Waals surface area contributed by atoms with Crippen molar-refractivity contribution >= 4 is 28.0 Å². The summed E-state index contributed by atoms with van der Waals surface area (Å²) in [7, 11) is -3.88. The zero-order chi connectivity index (χ0) is 22.7. The number of carbonyl (C=O) groups excluding carboxylic acids is 1. The number of amides is 1. The maximum Gasteiger partial charge on any atom is 0.411 e. The zero-order valence-corrected chi connectivity index (χ0v) is 18.3. The molecule has 1 aromatic rings. The van der Waals surface area contributed by atoms with E-state index in [0.29, 0.717) is 0 Å². The average Bonchev–Trinajstić information content (AvgIpc) is 3.03. The number of benzene rings is 1. The third-order valence-electron chi connectivity index (χ3n) is 4.39. The van der Waals surface area contributed by atoms with Crippen LogP contribution in [0.3, 0.4) is 0 Å². The van der Waals surface area contributed by atoms with E-state index in [9.17, 15) is 23.1 Å². The molecule has 1 aromatic carbocycles. The molecular formula is C19H28N4O6S. The molecular weight excluding hydrogens is 412 g/mol. The van der Waals surface area contributed by atoms with Gasteiger partial charge in [0.1, 0.15) is 11.6 Å². The lowest BCUT2D eigenvalue weighted by Crippen LogP contribution is -2.43. The number of carboxylic acids is 1. The second-order valence-corrected chi connectivity index (χ2v) is 9.92. The van der Waals surface area contributed by atoms with Gasteiger partial charge in [0.25, 0.3) is 10.0 Å². The number of hydrogen-bond acceptors (Lipinski definition) is 6. The van der Waals surface area contributed by atoms with Gasteiger partial charge in [-0.3, -0.25) is 9.89 Å². The molecule has 1 fully saturated rings. The largest absolute Gasteiger partial charge is 0.480 e. The predicted molar refractivity (Wildman–Crippen MR) is 110 cm³/mol. The molecule has 1 aliphatic rings. The van der Waals surface area contributed by atoms with Gasteiger partial charge in [-0.05, 0) is 52.2 Å². The van der Waals surface area contributed by atoms with Gasteiger partial charge in [0.05, 0.1) is 4.90 Å². The summed E-state index contributed by atoms with van der Waals surface area (Å²) in [5.41, 5.74) is 5.88. The Morgan fingerprint density at radius 2 is 1.90 bits per heavy atom. The van der Waals surface area contributed by atoms with E-state index in [1.54, 1.807) is 32.9 Å². The van der Waals surface area contributed by atoms with Crippen molar-refractivity contribution in [1.82, 2.24) is 9.62 Å². The Morgan fingerprint density at radius 1 is 1.30 bits per heavy atom. The van der Waals surface area contributed by atoms with E-state index < -0.39 is 33.7 Å². The predicted octanol–water partition coefficient (Wildman–Crippen LogP) is 1.30. The van der Waals surface area contributed by atoms with Gasteiger partial charge in [-0.2, -0.15) is 0 Å². The van der Waals surface area contributed by atoms with Crippen LogP contribution in [0.25, 0.3) is 0 Å². The fourth-order valence-corrected chi connectivity index (χ4v) is 3.94. The summed E-state index contributed by atoms with van der Waals surface area (Å²) in [5.74, 6) is -1.75. The average molecular weight is 441 g/mol. The fraction of sp³-hybridized carbons (Fsp3) is 0.526. The van der Waals surface area contributed by atoms with Gasteiger partial charge in [-0.25, -0.2) is 22.7 Å². The smallest absolute Gasteiger partial charge is 0.411 e. The number of sulfonamides is 1. The van der Waals surface area contributed by atoms with Gasteiger partial charge in [0, 0.05) is 13.1 Å². The van der Waals surface area contributed by atoms with Crippen LogP contribution < -0.4 is 10.5 Å². The van der Waals surface area contributed by atoms with Crippen molar-refractivity contribution in [2.75, 3.05) is 13.1 Å². The van der Waals surface area contributed by atoms with Crippen LogP contribution in [-0.2, 0) is 19.6 Å². The molecule has 0 bridgehead atoms. The lowest BCUT2D eigenvalue weighted by Gasteiger charge is -2.26. The van der Waals surface area contributed by atoms with Crippen molar-refractivity contribution in [2.45, 2.75) is 50.7 Å². The second kappa shape index (κ2) is 8.90. The van der Waals surface area contributed by atoms with E-state index in [2.05, 4.69) is 9.71 Å². The van der Waals surface area contributed by atoms with E-state index in [-0.39, 0.29) is 36.3 Å². The molecule has 1 saturated heterocycles. The third-order valence-corrected chi connectivity index (χ3v) is 5.76. The number of guanidine groups is 1. The van der Waals surface area contributed by atoms with Crippen molar-refractivity contribution in [3.63, 3.8) is 0 Å². The molecule has 1 heterocycles. The Balaban J connectivity index is 2.03. The maximum absolute atomic E-state index is 12.3. The molecule has 0 aliphatic carbocycles. The normalized spacial score (nSPS) is 20.1. The summed E-state index contributed by atoms with van der Waals surface area (Å²) < 4.78 is 32.2. The van der Waals surface area contributed by atoms with Crippen LogP contribution in [0, 0.1) is 12.8 Å². The molecule has 2 atom stereocenters. The number of aryl methyl sites for hydroxylation is 1. The molecule has 30 heavy (non-hydrogen) atoms. The first-order chi connectivity index (χ1) is 13.8. The van der Waals surface area contributed by atoms with Gasteiger partial charge in [-0.15, -0.1) is 0 Å². The van der Waals surface area contributed by atoms with E-state index in [1.165, 1.54) is 12.1 Å². The van der Waals surface area contributed by atoms with Crippen LogP contribution in [0.15, 0.2) is 34.2 Å². The molecule has 1 aliphatic heterocycles. The SMILES string of the molecule is Cc1ccc(S(=O)(=O)NC(N)=NC[C@H]2C[C@@H](C(=O)O)N(C(=O)OC(C)(C)C)C2)cc1. The van der Waals surface area contributed by atoms with Crippen molar-refractivity contribution in [3.8, 4) is 0 Å². The number of carbonyl (C=O) groups is 2. The van der Waals surface area contributed by atoms with Crippen molar-refractivity contribution in [1.29, 1.82) is 0 Å². The lowest BCUT2D eigenvalue weighted by molar-refractivity contribution is -0.142. The number of nitrogens with one attached hydrogen (secondary N) is 1. The first-order valence-corrected chi connectivity index (χ1v) is 10.9. The van der Waals surface area contributed by atoms with Crippen LogP contribution in [0.4, 0.5) is 4.79 Å². The molecule has 0 radical (unpaired) electrons. The molecule has 0 spiro atoms. The number of ether oxygens (including phenoxy) is 1. The summed E-state index contributed by atoms with van der Waals surface area (Å²) in [6.45, 7) is 7.10. The molecule has 11 heteroatoms. The van der Waals surface area contributed by atoms with Crippen molar-refractivity contribution < 1.29 is 27.9 Å². The topological polar surface area (TPSA) is 151 Å². The van der Waals surface area contributed by atoms with Gasteiger partial charge in [0.2, 0.25) is 5.96 Å². The van der Waals surface area contributed by atoms with Crippen LogP contribution >= 0.6 is 0 Å². The minimum atomic E-state index is -3.88. The molecule has 1 amide bonds. The van der Waals surface area contributed by atoms with Gasteiger partial charge >= 0.3 is 12.1 Å². The number of carboxylic acid groups (broad SMARTS) is 1. The Labute approximate surface area is 176 Å². The summed E-state index contributed by atoms with van der Waals surface area (Å²) in [5, 5.41) is 9.42. The number of likely N-dealkylation sites (tertiary alicyclic amines) is 1. The van der Waals surface area contributed by atoms with Crippen LogP contribution in [0.2, 0.25) is 0 Å². The number of aliphatic imine (C=N–C) groups is 1. The number of nitrogens with two attached hydrogens (primary N) is 1. The summed E-state index contributed by atoms with van der Waals surface area (Å²) >= 11 is 0. The number of hydrogen-bond donors (Lipinski definition) is 3. The molecule has 0 saturated carbocycles. The fourth-order valence-electron chi connectivity index (χ4n) is 2.99. The van der Waals surface area contributed by atoms with Crippen LogP contribution in [0.1, 0.15) is 32.8 Å². The Kier molecular flexibility index (Phi) is 6.96. The first-order valence-electron chi connectivity index (χ1n) is 9.40. The highest BCUT2D eigenvalue weighted by Crippen LogP contribution is 2.26. The molecule has 2 rings (SSSR count). The first kappa shape index (κ1) is 23.5. The quantitative estimate of drug-likeness (QED) is 0.461. The summed E-state index contributed by atoms with van der Waals surface area (Å²) in [4.78, 5) is 29.1. The lowest BCUT2D eigenvalue weighted by atomic mass is 10.1. The zero-order valence-electron chi connectivity index (χ0n) is 17.5. The van der Waals surface area contributed by atoms with Crippen LogP contribution in [0.5, 0.6) is 0 Å². The number of nitrogens with zero attached hydrogens (tertiary/aromatic N) is 2. The Hall–Kier alpha value is -2.82. The van der Waals surface area contributed by atoms with Crippen LogP contribution in [-0.4, -0.2) is 61.2 Å². The molecule has 10 nitrogen and oxygen atoms in total. The highest BCUT2D eigenvalue weighted by molar-refractivity contribution is 7.90. The second-order valence-electron chi connectivity index (χ2n) is 8.23. The molecule has 166 valence electrons. The van der Waals surface area contributed by atoms with Gasteiger partial charge < -0.3 is 15.6 Å². The number of aliphatic carboxylic acids is 1. The Bertz CT molecular complexity index is 921. The standard InChI is InChI=1S/C19H28N4O6S/c1-12-5-7-14(8-6-12)30(27,28)22-17(20)21-10-13-9-15(16(24)25)23(11-13)18(26)29-19(2,3)4/h5-8,13,15H,9-11H2,1-4H3,(H,24,25)(H3,20,21,22)/t13-,15+/m1/s1. The van der Waals surface area contributed by atoms with E-state index in [4.69, 9.17) is 10.5 Å².